The molecule has 0 aliphatic heterocycles. The lowest BCUT2D eigenvalue weighted by Crippen LogP contribution is -2.06. The van der Waals surface area contributed by atoms with Gasteiger partial charge in [-0.2, -0.15) is 0 Å². The van der Waals surface area contributed by atoms with Crippen molar-refractivity contribution >= 4 is 47.8 Å². The molecule has 0 saturated carbocycles. The predicted molar refractivity (Wildman–Crippen MR) is 222 cm³/mol. The van der Waals surface area contributed by atoms with E-state index < -0.39 is 0 Å². The maximum atomic E-state index is 6.41. The van der Waals surface area contributed by atoms with Crippen LogP contribution in [0, 0.1) is 0 Å². The highest BCUT2D eigenvalue weighted by molar-refractivity contribution is 9.11. The van der Waals surface area contributed by atoms with Crippen LogP contribution in [0.4, 0.5) is 0 Å². The van der Waals surface area contributed by atoms with Crippen LogP contribution in [0.2, 0.25) is 0 Å². The number of halogens is 3. The minimum Gasteiger partial charge on any atom is -0.491 e. The zero-order valence-electron chi connectivity index (χ0n) is 31.7. The molecular formula is C42H75Br3O3. The summed E-state index contributed by atoms with van der Waals surface area (Å²) in [6.45, 7) is 8.96. The first-order valence-corrected chi connectivity index (χ1v) is 23.0. The summed E-state index contributed by atoms with van der Waals surface area (Å²) in [4.78, 5) is 0. The van der Waals surface area contributed by atoms with E-state index in [1.807, 2.05) is 0 Å². The molecule has 6 heteroatoms. The molecule has 0 saturated heterocycles. The summed E-state index contributed by atoms with van der Waals surface area (Å²) < 4.78 is 21.8. The average Bonchev–Trinajstić information content (AvgIpc) is 3.08. The molecule has 0 radical (unpaired) electrons. The normalized spacial score (nSPS) is 11.4. The lowest BCUT2D eigenvalue weighted by Gasteiger charge is -2.20. The van der Waals surface area contributed by atoms with Gasteiger partial charge in [0.05, 0.1) is 19.8 Å². The van der Waals surface area contributed by atoms with Gasteiger partial charge in [0.15, 0.2) is 17.2 Å². The highest BCUT2D eigenvalue weighted by Gasteiger charge is 2.24. The Kier molecular flexibility index (Phi) is 32.8. The summed E-state index contributed by atoms with van der Waals surface area (Å²) in [6.07, 6.45) is 39.5. The van der Waals surface area contributed by atoms with Crippen LogP contribution in [-0.2, 0) is 0 Å². The maximum absolute atomic E-state index is 6.41. The van der Waals surface area contributed by atoms with E-state index in [1.54, 1.807) is 0 Å². The molecule has 0 aromatic heterocycles. The molecule has 0 N–H and O–H groups in total. The van der Waals surface area contributed by atoms with Crippen molar-refractivity contribution in [3.8, 4) is 17.2 Å². The summed E-state index contributed by atoms with van der Waals surface area (Å²) in [5.41, 5.74) is 0. The van der Waals surface area contributed by atoms with Gasteiger partial charge >= 0.3 is 0 Å². The summed E-state index contributed by atoms with van der Waals surface area (Å²) in [7, 11) is 0. The van der Waals surface area contributed by atoms with Crippen molar-refractivity contribution in [2.24, 2.45) is 0 Å². The van der Waals surface area contributed by atoms with E-state index in [2.05, 4.69) is 68.6 Å². The van der Waals surface area contributed by atoms with Gasteiger partial charge in [-0.25, -0.2) is 0 Å². The van der Waals surface area contributed by atoms with Crippen LogP contribution in [0.1, 0.15) is 213 Å². The van der Waals surface area contributed by atoms with Gasteiger partial charge in [-0.15, -0.1) is 0 Å². The molecule has 0 bridgehead atoms. The molecule has 0 spiro atoms. The van der Waals surface area contributed by atoms with Gasteiger partial charge in [-0.05, 0) is 67.1 Å². The molecule has 0 aliphatic carbocycles. The van der Waals surface area contributed by atoms with Gasteiger partial charge in [-0.3, -0.25) is 0 Å². The van der Waals surface area contributed by atoms with Gasteiger partial charge in [0.1, 0.15) is 13.4 Å². The Balaban J connectivity index is 2.59. The third-order valence-electron chi connectivity index (χ3n) is 9.43. The molecule has 1 rings (SSSR count). The quantitative estimate of drug-likeness (QED) is 0.0629. The molecule has 282 valence electrons. The lowest BCUT2D eigenvalue weighted by atomic mass is 10.1. The molecule has 0 aliphatic rings. The molecule has 0 unspecified atom stereocenters. The molecular weight excluding hydrogens is 792 g/mol. The Bertz CT molecular complexity index is 732. The number of unbranched alkanes of at least 4 members (excludes halogenated alkanes) is 27. The largest absolute Gasteiger partial charge is 0.491 e. The summed E-state index contributed by atoms with van der Waals surface area (Å²) in [5.74, 6) is 2.39. The molecule has 48 heavy (non-hydrogen) atoms. The van der Waals surface area contributed by atoms with Gasteiger partial charge in [0.25, 0.3) is 0 Å². The lowest BCUT2D eigenvalue weighted by molar-refractivity contribution is 0.268. The van der Waals surface area contributed by atoms with Crippen molar-refractivity contribution in [2.45, 2.75) is 213 Å². The molecule has 1 aromatic rings. The van der Waals surface area contributed by atoms with Gasteiger partial charge in [0, 0.05) is 0 Å². The smallest absolute Gasteiger partial charge is 0.155 e. The number of benzene rings is 1. The van der Waals surface area contributed by atoms with Crippen LogP contribution in [0.5, 0.6) is 17.2 Å². The van der Waals surface area contributed by atoms with E-state index in [-0.39, 0.29) is 0 Å². The Morgan fingerprint density at radius 1 is 0.271 bits per heavy atom. The fourth-order valence-corrected chi connectivity index (χ4v) is 8.94. The molecule has 0 heterocycles. The SMILES string of the molecule is CCCCCCCCCCCCOc1c(Br)c(OCCCCCCCCCCCC)c(Br)c(OCCCCCCCCCCCC)c1Br. The first kappa shape index (κ1) is 46.1. The summed E-state index contributed by atoms with van der Waals surface area (Å²) >= 11 is 11.5. The third-order valence-corrected chi connectivity index (χ3v) is 11.6. The van der Waals surface area contributed by atoms with Gasteiger partial charge in [-0.1, -0.05) is 194 Å². The van der Waals surface area contributed by atoms with E-state index >= 15 is 0 Å². The van der Waals surface area contributed by atoms with E-state index in [0.29, 0.717) is 19.8 Å². The second-order valence-corrected chi connectivity index (χ2v) is 16.4. The average molecular weight is 868 g/mol. The van der Waals surface area contributed by atoms with Crippen LogP contribution in [-0.4, -0.2) is 19.8 Å². The monoisotopic (exact) mass is 864 g/mol. The molecule has 0 amide bonds. The second-order valence-electron chi connectivity index (χ2n) is 14.0. The van der Waals surface area contributed by atoms with Crippen LogP contribution < -0.4 is 14.2 Å². The minimum atomic E-state index is 0.700. The van der Waals surface area contributed by atoms with Crippen LogP contribution in [0.25, 0.3) is 0 Å². The Labute approximate surface area is 324 Å². The minimum absolute atomic E-state index is 0.700. The van der Waals surface area contributed by atoms with Crippen LogP contribution in [0.3, 0.4) is 0 Å². The zero-order chi connectivity index (χ0) is 34.9. The first-order chi connectivity index (χ1) is 23.6. The molecule has 3 nitrogen and oxygen atoms in total. The van der Waals surface area contributed by atoms with Crippen molar-refractivity contribution in [1.82, 2.24) is 0 Å². The fourth-order valence-electron chi connectivity index (χ4n) is 6.27. The highest BCUT2D eigenvalue weighted by atomic mass is 79.9. The van der Waals surface area contributed by atoms with Crippen LogP contribution in [0.15, 0.2) is 13.4 Å². The zero-order valence-corrected chi connectivity index (χ0v) is 36.5. The highest BCUT2D eigenvalue weighted by Crippen LogP contribution is 2.52. The van der Waals surface area contributed by atoms with Crippen molar-refractivity contribution in [1.29, 1.82) is 0 Å². The Morgan fingerprint density at radius 2 is 0.438 bits per heavy atom. The second kappa shape index (κ2) is 34.2. The number of hydrogen-bond acceptors (Lipinski definition) is 3. The number of hydrogen-bond donors (Lipinski definition) is 0. The molecule has 0 fully saturated rings. The van der Waals surface area contributed by atoms with Crippen molar-refractivity contribution < 1.29 is 14.2 Å². The molecule has 0 atom stereocenters. The maximum Gasteiger partial charge on any atom is 0.155 e. The van der Waals surface area contributed by atoms with E-state index in [0.717, 1.165) is 49.9 Å². The van der Waals surface area contributed by atoms with Gasteiger partial charge in [0.2, 0.25) is 0 Å². The van der Waals surface area contributed by atoms with E-state index in [1.165, 1.54) is 173 Å². The topological polar surface area (TPSA) is 27.7 Å². The van der Waals surface area contributed by atoms with E-state index in [4.69, 9.17) is 14.2 Å². The number of rotatable bonds is 36. The van der Waals surface area contributed by atoms with Crippen molar-refractivity contribution in [2.75, 3.05) is 19.8 Å². The Hall–Kier alpha value is 0.0600. The van der Waals surface area contributed by atoms with Crippen LogP contribution >= 0.6 is 47.8 Å². The Morgan fingerprint density at radius 3 is 0.625 bits per heavy atom. The first-order valence-electron chi connectivity index (χ1n) is 20.7. The summed E-state index contributed by atoms with van der Waals surface area (Å²) in [6, 6.07) is 0. The standard InChI is InChI=1S/C42H75Br3O3/c1-4-7-10-13-16-19-22-25-28-31-34-46-40-37(43)41(47-35-32-29-26-23-20-17-14-11-8-5-2)39(45)42(38(40)44)48-36-33-30-27-24-21-18-15-12-9-6-3/h4-36H2,1-3H3. The third kappa shape index (κ3) is 23.5. The predicted octanol–water partition coefficient (Wildman–Crippen LogP) is 16.9. The van der Waals surface area contributed by atoms with Gasteiger partial charge < -0.3 is 14.2 Å². The molecule has 1 aromatic carbocycles. The van der Waals surface area contributed by atoms with Crippen molar-refractivity contribution in [3.63, 3.8) is 0 Å². The van der Waals surface area contributed by atoms with Crippen molar-refractivity contribution in [3.05, 3.63) is 13.4 Å². The van der Waals surface area contributed by atoms with E-state index in [9.17, 15) is 0 Å². The summed E-state index contributed by atoms with van der Waals surface area (Å²) in [5, 5.41) is 0. The number of ether oxygens (including phenoxy) is 3. The fraction of sp³-hybridized carbons (Fsp3) is 0.857.